The lowest BCUT2D eigenvalue weighted by molar-refractivity contribution is -0.139. The standard InChI is InChI=1S/C32H32IN3O4S/c1-24-11-9-10-14-26(24)22-35(30(32(38)34-2)21-25-12-5-3-6-13-25)31(37)23-36(28-19-17-27(33)18-20-28)41(39,40)29-15-7-4-8-16-29/h3-20,30H,21-23H2,1-2H3,(H,34,38). The molecule has 0 saturated heterocycles. The summed E-state index contributed by atoms with van der Waals surface area (Å²) in [7, 11) is -2.57. The van der Waals surface area contributed by atoms with Gasteiger partial charge in [-0.2, -0.15) is 0 Å². The van der Waals surface area contributed by atoms with Crippen LogP contribution in [-0.2, 0) is 32.6 Å². The first-order valence-electron chi connectivity index (χ1n) is 13.1. The maximum absolute atomic E-state index is 14.3. The number of hydrogen-bond donors (Lipinski definition) is 1. The second-order valence-corrected chi connectivity index (χ2v) is 12.7. The summed E-state index contributed by atoms with van der Waals surface area (Å²) in [6.07, 6.45) is 0.271. The Kier molecular flexibility index (Phi) is 10.2. The lowest BCUT2D eigenvalue weighted by Gasteiger charge is -2.34. The Morgan fingerprint density at radius 3 is 2.02 bits per heavy atom. The number of sulfonamides is 1. The summed E-state index contributed by atoms with van der Waals surface area (Å²) in [5.74, 6) is -0.821. The van der Waals surface area contributed by atoms with Crippen molar-refractivity contribution in [3.63, 3.8) is 0 Å². The van der Waals surface area contributed by atoms with Crippen molar-refractivity contribution in [1.82, 2.24) is 10.2 Å². The molecule has 1 unspecified atom stereocenters. The smallest absolute Gasteiger partial charge is 0.264 e. The van der Waals surface area contributed by atoms with Gasteiger partial charge in [0.1, 0.15) is 12.6 Å². The largest absolute Gasteiger partial charge is 0.357 e. The van der Waals surface area contributed by atoms with Crippen LogP contribution in [0.4, 0.5) is 5.69 Å². The summed E-state index contributed by atoms with van der Waals surface area (Å²) in [5.41, 5.74) is 3.08. The van der Waals surface area contributed by atoms with Crippen molar-refractivity contribution in [1.29, 1.82) is 0 Å². The van der Waals surface area contributed by atoms with Gasteiger partial charge in [0.2, 0.25) is 11.8 Å². The monoisotopic (exact) mass is 681 g/mol. The number of nitrogens with one attached hydrogen (secondary N) is 1. The number of halogens is 1. The van der Waals surface area contributed by atoms with E-state index < -0.39 is 28.5 Å². The molecule has 0 spiro atoms. The molecule has 9 heteroatoms. The molecule has 7 nitrogen and oxygen atoms in total. The molecule has 212 valence electrons. The maximum atomic E-state index is 14.3. The van der Waals surface area contributed by atoms with Crippen molar-refractivity contribution in [2.75, 3.05) is 17.9 Å². The van der Waals surface area contributed by atoms with E-state index in [4.69, 9.17) is 0 Å². The van der Waals surface area contributed by atoms with Gasteiger partial charge in [-0.1, -0.05) is 72.8 Å². The van der Waals surface area contributed by atoms with Crippen molar-refractivity contribution in [2.45, 2.75) is 30.8 Å². The number of hydrogen-bond acceptors (Lipinski definition) is 4. The van der Waals surface area contributed by atoms with Crippen LogP contribution in [0.2, 0.25) is 0 Å². The molecule has 0 aromatic heterocycles. The van der Waals surface area contributed by atoms with Gasteiger partial charge in [-0.3, -0.25) is 13.9 Å². The lowest BCUT2D eigenvalue weighted by Crippen LogP contribution is -2.53. The second kappa shape index (κ2) is 13.8. The Morgan fingerprint density at radius 2 is 1.41 bits per heavy atom. The molecule has 0 heterocycles. The first kappa shape index (κ1) is 30.3. The number of benzene rings is 4. The van der Waals surface area contributed by atoms with Crippen LogP contribution in [-0.4, -0.2) is 44.8 Å². The molecule has 2 amide bonds. The SMILES string of the molecule is CNC(=O)C(Cc1ccccc1)N(Cc1ccccc1C)C(=O)CN(c1ccc(I)cc1)S(=O)(=O)c1ccccc1. The molecular weight excluding hydrogens is 649 g/mol. The fourth-order valence-corrected chi connectivity index (χ4v) is 6.34. The third-order valence-corrected chi connectivity index (χ3v) is 9.35. The maximum Gasteiger partial charge on any atom is 0.264 e. The highest BCUT2D eigenvalue weighted by Crippen LogP contribution is 2.26. The van der Waals surface area contributed by atoms with Crippen LogP contribution in [0.3, 0.4) is 0 Å². The highest BCUT2D eigenvalue weighted by atomic mass is 127. The highest BCUT2D eigenvalue weighted by Gasteiger charge is 2.34. The fourth-order valence-electron chi connectivity index (χ4n) is 4.55. The Hall–Kier alpha value is -3.70. The van der Waals surface area contributed by atoms with Gasteiger partial charge >= 0.3 is 0 Å². The topological polar surface area (TPSA) is 86.8 Å². The molecule has 0 radical (unpaired) electrons. The molecule has 4 aromatic rings. The Bertz CT molecular complexity index is 1580. The van der Waals surface area contributed by atoms with Gasteiger partial charge in [0, 0.05) is 23.6 Å². The minimum Gasteiger partial charge on any atom is -0.357 e. The molecule has 0 fully saturated rings. The van der Waals surface area contributed by atoms with E-state index in [1.54, 1.807) is 42.5 Å². The molecule has 41 heavy (non-hydrogen) atoms. The van der Waals surface area contributed by atoms with Gasteiger partial charge in [0.25, 0.3) is 10.0 Å². The summed E-state index contributed by atoms with van der Waals surface area (Å²) >= 11 is 2.15. The van der Waals surface area contributed by atoms with Crippen LogP contribution in [0, 0.1) is 10.5 Å². The zero-order valence-electron chi connectivity index (χ0n) is 22.9. The van der Waals surface area contributed by atoms with Crippen LogP contribution in [0.25, 0.3) is 0 Å². The fraction of sp³-hybridized carbons (Fsp3) is 0.188. The average Bonchev–Trinajstić information content (AvgIpc) is 2.99. The van der Waals surface area contributed by atoms with Gasteiger partial charge in [-0.15, -0.1) is 0 Å². The molecule has 0 aliphatic rings. The Labute approximate surface area is 255 Å². The summed E-state index contributed by atoms with van der Waals surface area (Å²) in [6, 6.07) is 31.3. The second-order valence-electron chi connectivity index (χ2n) is 9.57. The van der Waals surface area contributed by atoms with Crippen LogP contribution >= 0.6 is 22.6 Å². The van der Waals surface area contributed by atoms with E-state index in [-0.39, 0.29) is 23.8 Å². The van der Waals surface area contributed by atoms with Gasteiger partial charge < -0.3 is 10.2 Å². The van der Waals surface area contributed by atoms with Crippen molar-refractivity contribution < 1.29 is 18.0 Å². The normalized spacial score (nSPS) is 11.9. The number of nitrogens with zero attached hydrogens (tertiary/aromatic N) is 2. The Balaban J connectivity index is 1.78. The van der Waals surface area contributed by atoms with Crippen molar-refractivity contribution in [2.24, 2.45) is 0 Å². The van der Waals surface area contributed by atoms with Gasteiger partial charge in [-0.25, -0.2) is 8.42 Å². The van der Waals surface area contributed by atoms with Crippen LogP contribution in [0.5, 0.6) is 0 Å². The summed E-state index contributed by atoms with van der Waals surface area (Å²) in [4.78, 5) is 29.2. The minimum absolute atomic E-state index is 0.0731. The van der Waals surface area contributed by atoms with Crippen LogP contribution in [0.15, 0.2) is 114 Å². The zero-order chi connectivity index (χ0) is 29.4. The van der Waals surface area contributed by atoms with Crippen molar-refractivity contribution in [3.8, 4) is 0 Å². The van der Waals surface area contributed by atoms with E-state index in [1.807, 2.05) is 61.5 Å². The third-order valence-electron chi connectivity index (χ3n) is 6.84. The van der Waals surface area contributed by atoms with E-state index in [2.05, 4.69) is 27.9 Å². The molecule has 0 bridgehead atoms. The number of rotatable bonds is 11. The molecule has 4 rings (SSSR count). The quantitative estimate of drug-likeness (QED) is 0.221. The predicted molar refractivity (Wildman–Crippen MR) is 170 cm³/mol. The summed E-state index contributed by atoms with van der Waals surface area (Å²) in [5, 5.41) is 2.70. The lowest BCUT2D eigenvalue weighted by atomic mass is 10.0. The number of likely N-dealkylation sites (N-methyl/N-ethyl adjacent to an activating group) is 1. The van der Waals surface area contributed by atoms with Gasteiger partial charge in [0.15, 0.2) is 0 Å². The van der Waals surface area contributed by atoms with E-state index in [0.717, 1.165) is 24.6 Å². The number of amides is 2. The number of carbonyl (C=O) groups is 2. The van der Waals surface area contributed by atoms with E-state index >= 15 is 0 Å². The first-order valence-corrected chi connectivity index (χ1v) is 15.7. The van der Waals surface area contributed by atoms with Gasteiger partial charge in [-0.05, 0) is 82.6 Å². The Morgan fingerprint density at radius 1 is 0.829 bits per heavy atom. The van der Waals surface area contributed by atoms with Crippen molar-refractivity contribution in [3.05, 3.63) is 129 Å². The van der Waals surface area contributed by atoms with Gasteiger partial charge in [0.05, 0.1) is 10.6 Å². The molecular formula is C32H32IN3O4S. The average molecular weight is 682 g/mol. The molecule has 4 aromatic carbocycles. The van der Waals surface area contributed by atoms with E-state index in [1.165, 1.54) is 24.1 Å². The predicted octanol–water partition coefficient (Wildman–Crippen LogP) is 5.18. The first-order chi connectivity index (χ1) is 19.7. The highest BCUT2D eigenvalue weighted by molar-refractivity contribution is 14.1. The number of carbonyl (C=O) groups excluding carboxylic acids is 2. The zero-order valence-corrected chi connectivity index (χ0v) is 25.9. The minimum atomic E-state index is -4.10. The molecule has 1 atom stereocenters. The van der Waals surface area contributed by atoms with Crippen LogP contribution in [0.1, 0.15) is 16.7 Å². The number of anilines is 1. The molecule has 0 saturated carbocycles. The third kappa shape index (κ3) is 7.53. The summed E-state index contributed by atoms with van der Waals surface area (Å²) in [6.45, 7) is 1.61. The summed E-state index contributed by atoms with van der Waals surface area (Å²) < 4.78 is 29.9. The van der Waals surface area contributed by atoms with E-state index in [9.17, 15) is 18.0 Å². The molecule has 1 N–H and O–H groups in total. The molecule has 0 aliphatic heterocycles. The van der Waals surface area contributed by atoms with Crippen LogP contribution < -0.4 is 9.62 Å². The number of aryl methyl sites for hydroxylation is 1. The van der Waals surface area contributed by atoms with Crippen molar-refractivity contribution >= 4 is 50.1 Å². The molecule has 0 aliphatic carbocycles. The van der Waals surface area contributed by atoms with E-state index in [0.29, 0.717) is 5.69 Å².